The minimum atomic E-state index is -0.516. The molecule has 0 unspecified atom stereocenters. The summed E-state index contributed by atoms with van der Waals surface area (Å²) in [4.78, 5) is 27.8. The minimum Gasteiger partial charge on any atom is -0.307 e. The maximum Gasteiger partial charge on any atom is 0.316 e. The van der Waals surface area contributed by atoms with Gasteiger partial charge in [-0.05, 0) is 30.2 Å². The van der Waals surface area contributed by atoms with Crippen LogP contribution in [0.2, 0.25) is 0 Å². The molecule has 2 aromatic carbocycles. The Kier molecular flexibility index (Phi) is 3.44. The molecule has 0 bridgehead atoms. The fraction of sp³-hybridized carbons (Fsp3) is 0.176. The van der Waals surface area contributed by atoms with Gasteiger partial charge < -0.3 is 9.80 Å². The molecule has 1 aliphatic rings. The number of fused-ring (bicyclic) bond motifs is 1. The van der Waals surface area contributed by atoms with E-state index in [0.29, 0.717) is 12.2 Å². The third-order valence-electron chi connectivity index (χ3n) is 3.76. The van der Waals surface area contributed by atoms with Crippen molar-refractivity contribution < 1.29 is 9.59 Å². The highest BCUT2D eigenvalue weighted by Gasteiger charge is 2.31. The van der Waals surface area contributed by atoms with Gasteiger partial charge in [0.05, 0.1) is 0 Å². The number of nitrogens with zero attached hydrogens (tertiary/aromatic N) is 2. The van der Waals surface area contributed by atoms with Crippen molar-refractivity contribution in [3.8, 4) is 0 Å². The lowest BCUT2D eigenvalue weighted by Crippen LogP contribution is -2.43. The van der Waals surface area contributed by atoms with E-state index >= 15 is 0 Å². The Morgan fingerprint density at radius 2 is 1.67 bits per heavy atom. The molecular formula is C17H16N2O2. The SMILES string of the molecule is CN(C(=O)C(=O)N1CCc2ccccc21)c1ccccc1. The minimum absolute atomic E-state index is 0.480. The van der Waals surface area contributed by atoms with Crippen molar-refractivity contribution in [2.45, 2.75) is 6.42 Å². The van der Waals surface area contributed by atoms with Gasteiger partial charge in [-0.15, -0.1) is 0 Å². The number of likely N-dealkylation sites (N-methyl/N-ethyl adjacent to an activating group) is 1. The summed E-state index contributed by atoms with van der Waals surface area (Å²) in [6, 6.07) is 16.9. The monoisotopic (exact) mass is 280 g/mol. The lowest BCUT2D eigenvalue weighted by molar-refractivity contribution is -0.135. The van der Waals surface area contributed by atoms with Crippen LogP contribution in [0.15, 0.2) is 54.6 Å². The standard InChI is InChI=1S/C17H16N2O2/c1-18(14-8-3-2-4-9-14)16(20)17(21)19-12-11-13-7-5-6-10-15(13)19/h2-10H,11-12H2,1H3. The molecule has 0 radical (unpaired) electrons. The van der Waals surface area contributed by atoms with Gasteiger partial charge in [0.25, 0.3) is 0 Å². The van der Waals surface area contributed by atoms with Crippen molar-refractivity contribution in [2.24, 2.45) is 0 Å². The second kappa shape index (κ2) is 5.40. The van der Waals surface area contributed by atoms with Crippen LogP contribution in [0.1, 0.15) is 5.56 Å². The summed E-state index contributed by atoms with van der Waals surface area (Å²) in [5.41, 5.74) is 2.67. The number of hydrogen-bond donors (Lipinski definition) is 0. The number of hydrogen-bond acceptors (Lipinski definition) is 2. The van der Waals surface area contributed by atoms with E-state index in [0.717, 1.165) is 17.7 Å². The Labute approximate surface area is 123 Å². The number of carbonyl (C=O) groups is 2. The largest absolute Gasteiger partial charge is 0.316 e. The molecule has 21 heavy (non-hydrogen) atoms. The van der Waals surface area contributed by atoms with Crippen molar-refractivity contribution in [2.75, 3.05) is 23.4 Å². The van der Waals surface area contributed by atoms with Crippen LogP contribution in [0.5, 0.6) is 0 Å². The highest BCUT2D eigenvalue weighted by Crippen LogP contribution is 2.27. The molecule has 3 rings (SSSR count). The average molecular weight is 280 g/mol. The number of para-hydroxylation sites is 2. The first-order valence-electron chi connectivity index (χ1n) is 6.91. The van der Waals surface area contributed by atoms with E-state index in [2.05, 4.69) is 0 Å². The molecule has 2 amide bonds. The summed E-state index contributed by atoms with van der Waals surface area (Å²) in [7, 11) is 1.62. The first kappa shape index (κ1) is 13.4. The first-order chi connectivity index (χ1) is 10.2. The van der Waals surface area contributed by atoms with Crippen molar-refractivity contribution in [1.82, 2.24) is 0 Å². The van der Waals surface area contributed by atoms with Crippen molar-refractivity contribution in [1.29, 1.82) is 0 Å². The van der Waals surface area contributed by atoms with E-state index < -0.39 is 11.8 Å². The molecule has 0 aliphatic carbocycles. The third-order valence-corrected chi connectivity index (χ3v) is 3.76. The van der Waals surface area contributed by atoms with Gasteiger partial charge in [0, 0.05) is 25.0 Å². The van der Waals surface area contributed by atoms with Gasteiger partial charge in [0.1, 0.15) is 0 Å². The zero-order chi connectivity index (χ0) is 14.8. The van der Waals surface area contributed by atoms with Gasteiger partial charge in [-0.2, -0.15) is 0 Å². The smallest absolute Gasteiger partial charge is 0.307 e. The van der Waals surface area contributed by atoms with Crippen molar-refractivity contribution in [3.63, 3.8) is 0 Å². The summed E-state index contributed by atoms with van der Waals surface area (Å²) < 4.78 is 0. The molecule has 1 heterocycles. The summed E-state index contributed by atoms with van der Waals surface area (Å²) in [6.07, 6.45) is 0.796. The average Bonchev–Trinajstić information content (AvgIpc) is 2.97. The van der Waals surface area contributed by atoms with E-state index in [1.165, 1.54) is 4.90 Å². The van der Waals surface area contributed by atoms with E-state index in [-0.39, 0.29) is 0 Å². The van der Waals surface area contributed by atoms with E-state index in [1.807, 2.05) is 54.6 Å². The predicted molar refractivity (Wildman–Crippen MR) is 82.4 cm³/mol. The normalized spacial score (nSPS) is 12.9. The predicted octanol–water partition coefficient (Wildman–Crippen LogP) is 2.24. The zero-order valence-corrected chi connectivity index (χ0v) is 11.8. The summed E-state index contributed by atoms with van der Waals surface area (Å²) in [5.74, 6) is -0.996. The molecule has 0 N–H and O–H groups in total. The summed E-state index contributed by atoms with van der Waals surface area (Å²) >= 11 is 0. The molecule has 0 saturated heterocycles. The Morgan fingerprint density at radius 1 is 1.00 bits per heavy atom. The second-order valence-electron chi connectivity index (χ2n) is 5.04. The molecular weight excluding hydrogens is 264 g/mol. The molecule has 0 spiro atoms. The van der Waals surface area contributed by atoms with Crippen molar-refractivity contribution >= 4 is 23.2 Å². The van der Waals surface area contributed by atoms with Crippen LogP contribution in [0.4, 0.5) is 11.4 Å². The Bertz CT molecular complexity index is 682. The van der Waals surface area contributed by atoms with Gasteiger partial charge in [0.15, 0.2) is 0 Å². The molecule has 106 valence electrons. The van der Waals surface area contributed by atoms with Crippen LogP contribution in [-0.4, -0.2) is 25.4 Å². The first-order valence-corrected chi connectivity index (χ1v) is 6.91. The fourth-order valence-corrected chi connectivity index (χ4v) is 2.58. The molecule has 4 nitrogen and oxygen atoms in total. The number of anilines is 2. The highest BCUT2D eigenvalue weighted by molar-refractivity contribution is 6.45. The number of rotatable bonds is 1. The summed E-state index contributed by atoms with van der Waals surface area (Å²) in [6.45, 7) is 0.562. The van der Waals surface area contributed by atoms with Crippen LogP contribution >= 0.6 is 0 Å². The Balaban J connectivity index is 1.82. The van der Waals surface area contributed by atoms with Crippen LogP contribution in [-0.2, 0) is 16.0 Å². The molecule has 0 fully saturated rings. The van der Waals surface area contributed by atoms with Crippen LogP contribution in [0.25, 0.3) is 0 Å². The molecule has 1 aliphatic heterocycles. The van der Waals surface area contributed by atoms with Gasteiger partial charge in [-0.1, -0.05) is 36.4 Å². The fourth-order valence-electron chi connectivity index (χ4n) is 2.58. The van der Waals surface area contributed by atoms with Gasteiger partial charge in [-0.3, -0.25) is 9.59 Å². The number of carbonyl (C=O) groups excluding carboxylic acids is 2. The molecule has 2 aromatic rings. The lowest BCUT2D eigenvalue weighted by Gasteiger charge is -2.21. The molecule has 4 heteroatoms. The molecule has 0 saturated carbocycles. The van der Waals surface area contributed by atoms with E-state index in [1.54, 1.807) is 11.9 Å². The van der Waals surface area contributed by atoms with E-state index in [9.17, 15) is 9.59 Å². The van der Waals surface area contributed by atoms with Gasteiger partial charge in [-0.25, -0.2) is 0 Å². The zero-order valence-electron chi connectivity index (χ0n) is 11.8. The van der Waals surface area contributed by atoms with Crippen LogP contribution in [0, 0.1) is 0 Å². The quantitative estimate of drug-likeness (QED) is 0.752. The van der Waals surface area contributed by atoms with Crippen LogP contribution in [0.3, 0.4) is 0 Å². The van der Waals surface area contributed by atoms with Crippen molar-refractivity contribution in [3.05, 3.63) is 60.2 Å². The lowest BCUT2D eigenvalue weighted by atomic mass is 10.2. The molecule has 0 atom stereocenters. The van der Waals surface area contributed by atoms with E-state index in [4.69, 9.17) is 0 Å². The number of amides is 2. The number of benzene rings is 2. The maximum atomic E-state index is 12.5. The second-order valence-corrected chi connectivity index (χ2v) is 5.04. The third kappa shape index (κ3) is 2.40. The van der Waals surface area contributed by atoms with Gasteiger partial charge >= 0.3 is 11.8 Å². The summed E-state index contributed by atoms with van der Waals surface area (Å²) in [5, 5.41) is 0. The molecule has 0 aromatic heterocycles. The highest BCUT2D eigenvalue weighted by atomic mass is 16.2. The maximum absolute atomic E-state index is 12.5. The Hall–Kier alpha value is -2.62. The Morgan fingerprint density at radius 3 is 2.43 bits per heavy atom. The topological polar surface area (TPSA) is 40.6 Å². The van der Waals surface area contributed by atoms with Crippen LogP contribution < -0.4 is 9.80 Å². The van der Waals surface area contributed by atoms with Gasteiger partial charge in [0.2, 0.25) is 0 Å².